The number of carbonyl (C=O) groups is 1. The lowest BCUT2D eigenvalue weighted by Gasteiger charge is -2.24. The fraction of sp³-hybridized carbons (Fsp3) is 0.357. The Morgan fingerprint density at radius 3 is 2.95 bits per heavy atom. The number of nitrogens with one attached hydrogen (secondary N) is 1. The number of aromatic nitrogens is 2. The Morgan fingerprint density at radius 2 is 2.24 bits per heavy atom. The second-order valence-electron chi connectivity index (χ2n) is 5.00. The first-order chi connectivity index (χ1) is 10.1. The lowest BCUT2D eigenvalue weighted by Crippen LogP contribution is -2.37. The molecule has 1 fully saturated rings. The molecular formula is C14H15N3O3S. The zero-order chi connectivity index (χ0) is 14.8. The molecule has 1 atom stereocenters. The molecule has 1 aliphatic rings. The first kappa shape index (κ1) is 13.8. The van der Waals surface area contributed by atoms with Gasteiger partial charge in [0.25, 0.3) is 5.56 Å². The SMILES string of the molecule is O=C(Cn1ccc(=O)[nH]c1=O)N1CCC[C@H]1c1cccs1. The molecule has 1 aliphatic heterocycles. The highest BCUT2D eigenvalue weighted by molar-refractivity contribution is 7.10. The summed E-state index contributed by atoms with van der Waals surface area (Å²) in [5.74, 6) is -0.0972. The van der Waals surface area contributed by atoms with E-state index in [1.54, 1.807) is 11.3 Å². The zero-order valence-electron chi connectivity index (χ0n) is 11.3. The van der Waals surface area contributed by atoms with Crippen molar-refractivity contribution in [2.24, 2.45) is 0 Å². The highest BCUT2D eigenvalue weighted by Crippen LogP contribution is 2.34. The quantitative estimate of drug-likeness (QED) is 0.918. The van der Waals surface area contributed by atoms with E-state index < -0.39 is 11.2 Å². The van der Waals surface area contributed by atoms with Gasteiger partial charge in [0.2, 0.25) is 5.91 Å². The van der Waals surface area contributed by atoms with Crippen LogP contribution in [0.25, 0.3) is 0 Å². The molecule has 6 nitrogen and oxygen atoms in total. The molecule has 0 spiro atoms. The van der Waals surface area contributed by atoms with Gasteiger partial charge in [0, 0.05) is 23.7 Å². The van der Waals surface area contributed by atoms with Gasteiger partial charge >= 0.3 is 5.69 Å². The van der Waals surface area contributed by atoms with Gasteiger partial charge in [-0.25, -0.2) is 4.79 Å². The molecule has 110 valence electrons. The molecule has 3 heterocycles. The van der Waals surface area contributed by atoms with Crippen LogP contribution >= 0.6 is 11.3 Å². The minimum atomic E-state index is -0.553. The van der Waals surface area contributed by atoms with Crippen molar-refractivity contribution in [1.82, 2.24) is 14.5 Å². The Balaban J connectivity index is 1.78. The standard InChI is InChI=1S/C14H15N3O3S/c18-12-5-7-16(14(20)15-12)9-13(19)17-6-1-3-10(17)11-4-2-8-21-11/h2,4-5,7-8,10H,1,3,6,9H2,(H,15,18,20)/t10-/m0/s1. The number of rotatable bonds is 3. The predicted octanol–water partition coefficient (Wildman–Crippen LogP) is 0.962. The van der Waals surface area contributed by atoms with Gasteiger partial charge in [0.05, 0.1) is 6.04 Å². The summed E-state index contributed by atoms with van der Waals surface area (Å²) in [5.41, 5.74) is -1.01. The van der Waals surface area contributed by atoms with Gasteiger partial charge in [-0.15, -0.1) is 11.3 Å². The fourth-order valence-corrected chi connectivity index (χ4v) is 3.52. The Bertz CT molecular complexity index is 747. The van der Waals surface area contributed by atoms with Gasteiger partial charge in [-0.05, 0) is 24.3 Å². The van der Waals surface area contributed by atoms with Crippen LogP contribution in [-0.4, -0.2) is 26.9 Å². The van der Waals surface area contributed by atoms with Crippen LogP contribution in [0.2, 0.25) is 0 Å². The highest BCUT2D eigenvalue weighted by atomic mass is 32.1. The summed E-state index contributed by atoms with van der Waals surface area (Å²) < 4.78 is 1.23. The number of thiophene rings is 1. The summed E-state index contributed by atoms with van der Waals surface area (Å²) in [6.07, 6.45) is 3.27. The van der Waals surface area contributed by atoms with Crippen LogP contribution in [0, 0.1) is 0 Å². The first-order valence-corrected chi connectivity index (χ1v) is 7.66. The number of H-pyrrole nitrogens is 1. The van der Waals surface area contributed by atoms with Crippen molar-refractivity contribution in [3.8, 4) is 0 Å². The van der Waals surface area contributed by atoms with E-state index in [1.807, 2.05) is 22.4 Å². The maximum absolute atomic E-state index is 12.4. The van der Waals surface area contributed by atoms with Gasteiger partial charge in [-0.2, -0.15) is 0 Å². The van der Waals surface area contributed by atoms with Crippen molar-refractivity contribution < 1.29 is 4.79 Å². The molecule has 1 saturated heterocycles. The molecule has 0 bridgehead atoms. The van der Waals surface area contributed by atoms with Crippen LogP contribution < -0.4 is 11.2 Å². The molecule has 1 amide bonds. The van der Waals surface area contributed by atoms with E-state index in [-0.39, 0.29) is 18.5 Å². The highest BCUT2D eigenvalue weighted by Gasteiger charge is 2.30. The molecule has 2 aromatic heterocycles. The normalized spacial score (nSPS) is 18.1. The number of hydrogen-bond donors (Lipinski definition) is 1. The summed E-state index contributed by atoms with van der Waals surface area (Å²) in [4.78, 5) is 40.3. The topological polar surface area (TPSA) is 75.2 Å². The van der Waals surface area contributed by atoms with Crippen LogP contribution in [0.4, 0.5) is 0 Å². The lowest BCUT2D eigenvalue weighted by molar-refractivity contribution is -0.132. The molecule has 0 aromatic carbocycles. The first-order valence-electron chi connectivity index (χ1n) is 6.78. The second-order valence-corrected chi connectivity index (χ2v) is 5.98. The average molecular weight is 305 g/mol. The maximum Gasteiger partial charge on any atom is 0.328 e. The van der Waals surface area contributed by atoms with Gasteiger partial charge in [-0.1, -0.05) is 6.07 Å². The molecule has 0 unspecified atom stereocenters. The van der Waals surface area contributed by atoms with E-state index >= 15 is 0 Å². The number of aromatic amines is 1. The number of amides is 1. The molecule has 0 aliphatic carbocycles. The molecule has 1 N–H and O–H groups in total. The second kappa shape index (κ2) is 5.69. The maximum atomic E-state index is 12.4. The largest absolute Gasteiger partial charge is 0.333 e. The Hall–Kier alpha value is -2.15. The van der Waals surface area contributed by atoms with Crippen LogP contribution in [0.15, 0.2) is 39.4 Å². The van der Waals surface area contributed by atoms with Crippen molar-refractivity contribution in [2.75, 3.05) is 6.54 Å². The molecule has 3 rings (SSSR count). The van der Waals surface area contributed by atoms with E-state index in [1.165, 1.54) is 21.7 Å². The Kier molecular flexibility index (Phi) is 3.74. The molecule has 2 aromatic rings. The predicted molar refractivity (Wildman–Crippen MR) is 79.3 cm³/mol. The third kappa shape index (κ3) is 2.82. The average Bonchev–Trinajstić information content (AvgIpc) is 3.10. The third-order valence-corrected chi connectivity index (χ3v) is 4.62. The van der Waals surface area contributed by atoms with Gasteiger partial charge < -0.3 is 4.90 Å². The monoisotopic (exact) mass is 305 g/mol. The molecule has 7 heteroatoms. The summed E-state index contributed by atoms with van der Waals surface area (Å²) in [6, 6.07) is 5.37. The minimum Gasteiger partial charge on any atom is -0.333 e. The van der Waals surface area contributed by atoms with E-state index in [0.717, 1.165) is 12.8 Å². The smallest absolute Gasteiger partial charge is 0.328 e. The summed E-state index contributed by atoms with van der Waals surface area (Å²) in [7, 11) is 0. The fourth-order valence-electron chi connectivity index (χ4n) is 2.65. The minimum absolute atomic E-state index is 0.0442. The summed E-state index contributed by atoms with van der Waals surface area (Å²) in [6.45, 7) is 0.664. The van der Waals surface area contributed by atoms with Crippen molar-refractivity contribution in [3.63, 3.8) is 0 Å². The van der Waals surface area contributed by atoms with Crippen molar-refractivity contribution in [3.05, 3.63) is 55.5 Å². The number of likely N-dealkylation sites (tertiary alicyclic amines) is 1. The number of nitrogens with zero attached hydrogens (tertiary/aromatic N) is 2. The summed E-state index contributed by atoms with van der Waals surface area (Å²) >= 11 is 1.64. The van der Waals surface area contributed by atoms with Gasteiger partial charge in [-0.3, -0.25) is 19.1 Å². The van der Waals surface area contributed by atoms with Crippen LogP contribution in [0.5, 0.6) is 0 Å². The van der Waals surface area contributed by atoms with Crippen molar-refractivity contribution in [2.45, 2.75) is 25.4 Å². The third-order valence-electron chi connectivity index (χ3n) is 3.65. The van der Waals surface area contributed by atoms with Crippen LogP contribution in [-0.2, 0) is 11.3 Å². The number of carbonyl (C=O) groups excluding carboxylic acids is 1. The van der Waals surface area contributed by atoms with E-state index in [9.17, 15) is 14.4 Å². The van der Waals surface area contributed by atoms with E-state index in [0.29, 0.717) is 6.54 Å². The van der Waals surface area contributed by atoms with Gasteiger partial charge in [0.15, 0.2) is 0 Å². The van der Waals surface area contributed by atoms with Crippen molar-refractivity contribution in [1.29, 1.82) is 0 Å². The Labute approximate surface area is 124 Å². The number of hydrogen-bond acceptors (Lipinski definition) is 4. The molecule has 0 saturated carbocycles. The zero-order valence-corrected chi connectivity index (χ0v) is 12.1. The van der Waals surface area contributed by atoms with E-state index in [4.69, 9.17) is 0 Å². The Morgan fingerprint density at radius 1 is 1.38 bits per heavy atom. The molecular weight excluding hydrogens is 290 g/mol. The lowest BCUT2D eigenvalue weighted by atomic mass is 10.2. The van der Waals surface area contributed by atoms with Gasteiger partial charge in [0.1, 0.15) is 6.54 Å². The van der Waals surface area contributed by atoms with Crippen LogP contribution in [0.1, 0.15) is 23.8 Å². The van der Waals surface area contributed by atoms with Crippen molar-refractivity contribution >= 4 is 17.2 Å². The summed E-state index contributed by atoms with van der Waals surface area (Å²) in [5, 5.41) is 2.00. The van der Waals surface area contributed by atoms with Crippen LogP contribution in [0.3, 0.4) is 0 Å². The molecule has 21 heavy (non-hydrogen) atoms. The molecule has 0 radical (unpaired) electrons. The van der Waals surface area contributed by atoms with E-state index in [2.05, 4.69) is 4.98 Å².